The molecule has 1 amide bonds. The third-order valence-electron chi connectivity index (χ3n) is 3.80. The van der Waals surface area contributed by atoms with Crippen LogP contribution in [0.1, 0.15) is 32.3 Å². The Bertz CT molecular complexity index is 501. The fourth-order valence-corrected chi connectivity index (χ4v) is 2.09. The second-order valence-electron chi connectivity index (χ2n) is 5.58. The number of amides is 1. The lowest BCUT2D eigenvalue weighted by molar-refractivity contribution is -0.136. The third-order valence-corrected chi connectivity index (χ3v) is 3.80. The molecular weight excluding hydrogens is 262 g/mol. The first-order chi connectivity index (χ1) is 9.40. The van der Waals surface area contributed by atoms with Crippen LogP contribution >= 0.6 is 0 Å². The number of benzene rings is 1. The highest BCUT2D eigenvalue weighted by Crippen LogP contribution is 2.30. The number of hydrogen-bond acceptors (Lipinski definition) is 2. The van der Waals surface area contributed by atoms with Crippen molar-refractivity contribution in [2.75, 3.05) is 0 Å². The smallest absolute Gasteiger partial charge is 0.227 e. The lowest BCUT2D eigenvalue weighted by Crippen LogP contribution is -2.42. The van der Waals surface area contributed by atoms with Gasteiger partial charge >= 0.3 is 0 Å². The minimum absolute atomic E-state index is 0.0637. The van der Waals surface area contributed by atoms with Crippen LogP contribution in [0.5, 0.6) is 0 Å². The Morgan fingerprint density at radius 3 is 2.55 bits per heavy atom. The van der Waals surface area contributed by atoms with Gasteiger partial charge in [0.25, 0.3) is 0 Å². The number of carbonyl (C=O) groups excluding carboxylic acids is 1. The SMILES string of the molecule is CC(N)C(C)C(=O)N(Cc1ccc(F)cc1F)C1CC1. The van der Waals surface area contributed by atoms with E-state index in [1.54, 1.807) is 18.7 Å². The lowest BCUT2D eigenvalue weighted by atomic mass is 10.0. The molecular formula is C15H20F2N2O. The Morgan fingerprint density at radius 1 is 1.40 bits per heavy atom. The minimum Gasteiger partial charge on any atom is -0.335 e. The highest BCUT2D eigenvalue weighted by molar-refractivity contribution is 5.79. The standard InChI is InChI=1S/C15H20F2N2O/c1-9(10(2)18)15(20)19(13-5-6-13)8-11-3-4-12(16)7-14(11)17/h3-4,7,9-10,13H,5-6,8,18H2,1-2H3. The monoisotopic (exact) mass is 282 g/mol. The molecule has 3 nitrogen and oxygen atoms in total. The third kappa shape index (κ3) is 3.33. The zero-order valence-corrected chi connectivity index (χ0v) is 11.8. The number of rotatable bonds is 5. The van der Waals surface area contributed by atoms with Crippen LogP contribution in [0.4, 0.5) is 8.78 Å². The van der Waals surface area contributed by atoms with Crippen molar-refractivity contribution in [2.45, 2.75) is 45.3 Å². The van der Waals surface area contributed by atoms with E-state index in [2.05, 4.69) is 0 Å². The van der Waals surface area contributed by atoms with Gasteiger partial charge in [-0.05, 0) is 25.8 Å². The van der Waals surface area contributed by atoms with Crippen LogP contribution in [-0.4, -0.2) is 22.9 Å². The average Bonchev–Trinajstić information content (AvgIpc) is 3.20. The van der Waals surface area contributed by atoms with Crippen LogP contribution in [-0.2, 0) is 11.3 Å². The van der Waals surface area contributed by atoms with Crippen molar-refractivity contribution in [1.29, 1.82) is 0 Å². The van der Waals surface area contributed by atoms with Crippen molar-refractivity contribution in [3.63, 3.8) is 0 Å². The van der Waals surface area contributed by atoms with E-state index in [1.165, 1.54) is 12.1 Å². The van der Waals surface area contributed by atoms with Gasteiger partial charge in [0.1, 0.15) is 11.6 Å². The number of hydrogen-bond donors (Lipinski definition) is 1. The second kappa shape index (κ2) is 5.87. The molecule has 1 aromatic carbocycles. The summed E-state index contributed by atoms with van der Waals surface area (Å²) in [5, 5.41) is 0. The molecule has 1 saturated carbocycles. The van der Waals surface area contributed by atoms with Gasteiger partial charge in [0, 0.05) is 30.3 Å². The highest BCUT2D eigenvalue weighted by Gasteiger charge is 2.35. The van der Waals surface area contributed by atoms with Crippen molar-refractivity contribution in [2.24, 2.45) is 11.7 Å². The summed E-state index contributed by atoms with van der Waals surface area (Å²) < 4.78 is 26.6. The average molecular weight is 282 g/mol. The number of carbonyl (C=O) groups is 1. The van der Waals surface area contributed by atoms with Gasteiger partial charge in [0.05, 0.1) is 5.92 Å². The first-order valence-corrected chi connectivity index (χ1v) is 6.90. The fourth-order valence-electron chi connectivity index (χ4n) is 2.09. The molecule has 0 aromatic heterocycles. The molecule has 5 heteroatoms. The lowest BCUT2D eigenvalue weighted by Gasteiger charge is -2.27. The van der Waals surface area contributed by atoms with Crippen LogP contribution in [0.25, 0.3) is 0 Å². The van der Waals surface area contributed by atoms with Gasteiger partial charge in [0.15, 0.2) is 0 Å². The molecule has 0 saturated heterocycles. The van der Waals surface area contributed by atoms with Gasteiger partial charge in [-0.15, -0.1) is 0 Å². The number of nitrogens with zero attached hydrogens (tertiary/aromatic N) is 1. The molecule has 0 spiro atoms. The summed E-state index contributed by atoms with van der Waals surface area (Å²) in [5.74, 6) is -1.60. The Hall–Kier alpha value is -1.49. The van der Waals surface area contributed by atoms with Gasteiger partial charge in [0.2, 0.25) is 5.91 Å². The summed E-state index contributed by atoms with van der Waals surface area (Å²) >= 11 is 0. The molecule has 2 atom stereocenters. The topological polar surface area (TPSA) is 46.3 Å². The molecule has 20 heavy (non-hydrogen) atoms. The predicted octanol–water partition coefficient (Wildman–Crippen LogP) is 2.44. The van der Waals surface area contributed by atoms with Crippen LogP contribution in [0.3, 0.4) is 0 Å². The van der Waals surface area contributed by atoms with E-state index >= 15 is 0 Å². The first kappa shape index (κ1) is 14.9. The van der Waals surface area contributed by atoms with Crippen LogP contribution in [0, 0.1) is 17.6 Å². The molecule has 1 aliphatic rings. The van der Waals surface area contributed by atoms with Crippen LogP contribution in [0.2, 0.25) is 0 Å². The number of halogens is 2. The molecule has 2 unspecified atom stereocenters. The summed E-state index contributed by atoms with van der Waals surface area (Å²) in [4.78, 5) is 14.1. The molecule has 0 bridgehead atoms. The van der Waals surface area contributed by atoms with Gasteiger partial charge in [-0.1, -0.05) is 13.0 Å². The molecule has 0 aliphatic heterocycles. The molecule has 0 heterocycles. The van der Waals surface area contributed by atoms with E-state index in [-0.39, 0.29) is 30.5 Å². The molecule has 2 rings (SSSR count). The van der Waals surface area contributed by atoms with Gasteiger partial charge in [-0.2, -0.15) is 0 Å². The molecule has 2 N–H and O–H groups in total. The number of nitrogens with two attached hydrogens (primary N) is 1. The van der Waals surface area contributed by atoms with E-state index in [1.807, 2.05) is 0 Å². The maximum absolute atomic E-state index is 13.7. The second-order valence-corrected chi connectivity index (χ2v) is 5.58. The van der Waals surface area contributed by atoms with E-state index in [9.17, 15) is 13.6 Å². The van der Waals surface area contributed by atoms with E-state index in [0.29, 0.717) is 5.56 Å². The highest BCUT2D eigenvalue weighted by atomic mass is 19.1. The summed E-state index contributed by atoms with van der Waals surface area (Å²) in [6.45, 7) is 3.74. The summed E-state index contributed by atoms with van der Waals surface area (Å²) in [7, 11) is 0. The molecule has 1 fully saturated rings. The van der Waals surface area contributed by atoms with Crippen LogP contribution < -0.4 is 5.73 Å². The Morgan fingerprint density at radius 2 is 2.05 bits per heavy atom. The Balaban J connectivity index is 2.15. The largest absolute Gasteiger partial charge is 0.335 e. The van der Waals surface area contributed by atoms with Crippen molar-refractivity contribution in [3.8, 4) is 0 Å². The summed E-state index contributed by atoms with van der Waals surface area (Å²) in [6.07, 6.45) is 1.86. The van der Waals surface area contributed by atoms with Gasteiger partial charge < -0.3 is 10.6 Å². The Kier molecular flexibility index (Phi) is 4.38. The van der Waals surface area contributed by atoms with E-state index < -0.39 is 11.6 Å². The van der Waals surface area contributed by atoms with E-state index in [0.717, 1.165) is 18.9 Å². The zero-order valence-electron chi connectivity index (χ0n) is 11.8. The predicted molar refractivity (Wildman–Crippen MR) is 72.7 cm³/mol. The summed E-state index contributed by atoms with van der Waals surface area (Å²) in [6, 6.07) is 3.36. The summed E-state index contributed by atoms with van der Waals surface area (Å²) in [5.41, 5.74) is 6.10. The quantitative estimate of drug-likeness (QED) is 0.901. The van der Waals surface area contributed by atoms with Crippen molar-refractivity contribution >= 4 is 5.91 Å². The zero-order chi connectivity index (χ0) is 14.9. The first-order valence-electron chi connectivity index (χ1n) is 6.90. The van der Waals surface area contributed by atoms with Gasteiger partial charge in [-0.25, -0.2) is 8.78 Å². The maximum Gasteiger partial charge on any atom is 0.227 e. The molecule has 110 valence electrons. The molecule has 0 radical (unpaired) electrons. The Labute approximate surface area is 117 Å². The normalized spacial score (nSPS) is 17.6. The molecule has 1 aliphatic carbocycles. The minimum atomic E-state index is -0.614. The van der Waals surface area contributed by atoms with Gasteiger partial charge in [-0.3, -0.25) is 4.79 Å². The van der Waals surface area contributed by atoms with Crippen molar-refractivity contribution in [3.05, 3.63) is 35.4 Å². The maximum atomic E-state index is 13.7. The van der Waals surface area contributed by atoms with Crippen molar-refractivity contribution in [1.82, 2.24) is 4.90 Å². The fraction of sp³-hybridized carbons (Fsp3) is 0.533. The van der Waals surface area contributed by atoms with Crippen LogP contribution in [0.15, 0.2) is 18.2 Å². The van der Waals surface area contributed by atoms with E-state index in [4.69, 9.17) is 5.73 Å². The van der Waals surface area contributed by atoms with Crippen molar-refractivity contribution < 1.29 is 13.6 Å². The molecule has 1 aromatic rings.